The standard InChI is InChI=1S/C15H25N5/c1-15(2,3)14-18-12(8-13(19-14)20-16)17-11-7-9-4-5-10(11)6-9/h8-11H,4-7,16H2,1-3H3,(H2,17,18,19,20). The molecule has 5 nitrogen and oxygen atoms in total. The first-order chi connectivity index (χ1) is 9.45. The predicted octanol–water partition coefficient (Wildman–Crippen LogP) is 2.66. The minimum atomic E-state index is -0.0853. The third kappa shape index (κ3) is 2.59. The van der Waals surface area contributed by atoms with Gasteiger partial charge in [-0.1, -0.05) is 27.2 Å². The number of hydrazine groups is 1. The van der Waals surface area contributed by atoms with E-state index in [0.29, 0.717) is 11.9 Å². The number of nitrogens with zero attached hydrogens (tertiary/aromatic N) is 2. The molecular weight excluding hydrogens is 250 g/mol. The highest BCUT2D eigenvalue weighted by molar-refractivity contribution is 5.48. The monoisotopic (exact) mass is 275 g/mol. The molecule has 0 amide bonds. The lowest BCUT2D eigenvalue weighted by molar-refractivity contribution is 0.438. The topological polar surface area (TPSA) is 75.9 Å². The van der Waals surface area contributed by atoms with Gasteiger partial charge < -0.3 is 10.7 Å². The molecule has 2 aliphatic rings. The first-order valence-electron chi connectivity index (χ1n) is 7.58. The summed E-state index contributed by atoms with van der Waals surface area (Å²) in [6.07, 6.45) is 5.44. The van der Waals surface area contributed by atoms with Crippen molar-refractivity contribution in [1.82, 2.24) is 9.97 Å². The molecule has 3 unspecified atom stereocenters. The van der Waals surface area contributed by atoms with E-state index in [2.05, 4.69) is 41.5 Å². The average molecular weight is 275 g/mol. The van der Waals surface area contributed by atoms with Gasteiger partial charge in [-0.15, -0.1) is 0 Å². The smallest absolute Gasteiger partial charge is 0.145 e. The molecule has 2 aliphatic carbocycles. The van der Waals surface area contributed by atoms with Gasteiger partial charge in [-0.3, -0.25) is 0 Å². The quantitative estimate of drug-likeness (QED) is 0.584. The third-order valence-corrected chi connectivity index (χ3v) is 4.62. The molecular formula is C15H25N5. The second kappa shape index (κ2) is 4.88. The van der Waals surface area contributed by atoms with Crippen molar-refractivity contribution in [2.75, 3.05) is 10.7 Å². The van der Waals surface area contributed by atoms with E-state index in [0.717, 1.165) is 23.5 Å². The summed E-state index contributed by atoms with van der Waals surface area (Å²) in [5, 5.41) is 3.61. The molecule has 0 radical (unpaired) electrons. The maximum atomic E-state index is 5.53. The number of hydrogen-bond donors (Lipinski definition) is 3. The molecule has 1 heterocycles. The largest absolute Gasteiger partial charge is 0.367 e. The average Bonchev–Trinajstić information content (AvgIpc) is 2.99. The number of rotatable bonds is 3. The van der Waals surface area contributed by atoms with Gasteiger partial charge in [0.25, 0.3) is 0 Å². The van der Waals surface area contributed by atoms with E-state index in [1.807, 2.05) is 6.07 Å². The highest BCUT2D eigenvalue weighted by Gasteiger charge is 2.39. The Kier molecular flexibility index (Phi) is 3.32. The van der Waals surface area contributed by atoms with Gasteiger partial charge in [0.1, 0.15) is 17.5 Å². The van der Waals surface area contributed by atoms with Crippen LogP contribution in [0.1, 0.15) is 52.3 Å². The van der Waals surface area contributed by atoms with Gasteiger partial charge in [0.2, 0.25) is 0 Å². The molecule has 2 bridgehead atoms. The highest BCUT2D eigenvalue weighted by atomic mass is 15.3. The molecule has 2 fully saturated rings. The first kappa shape index (κ1) is 13.6. The van der Waals surface area contributed by atoms with Crippen LogP contribution in [0.15, 0.2) is 6.07 Å². The van der Waals surface area contributed by atoms with E-state index >= 15 is 0 Å². The molecule has 2 saturated carbocycles. The summed E-state index contributed by atoms with van der Waals surface area (Å²) in [5.74, 6) is 9.67. The molecule has 3 atom stereocenters. The Bertz CT molecular complexity index is 494. The molecule has 0 aliphatic heterocycles. The van der Waals surface area contributed by atoms with Crippen LogP contribution >= 0.6 is 0 Å². The molecule has 5 heteroatoms. The molecule has 3 rings (SSSR count). The molecule has 20 heavy (non-hydrogen) atoms. The summed E-state index contributed by atoms with van der Waals surface area (Å²) in [5.41, 5.74) is 2.56. The second-order valence-electron chi connectivity index (χ2n) is 7.28. The van der Waals surface area contributed by atoms with Crippen molar-refractivity contribution in [3.8, 4) is 0 Å². The van der Waals surface area contributed by atoms with E-state index in [1.165, 1.54) is 25.7 Å². The van der Waals surface area contributed by atoms with Crippen LogP contribution in [0.2, 0.25) is 0 Å². The number of aromatic nitrogens is 2. The number of fused-ring (bicyclic) bond motifs is 2. The summed E-state index contributed by atoms with van der Waals surface area (Å²) in [7, 11) is 0. The Labute approximate surface area is 120 Å². The fraction of sp³-hybridized carbons (Fsp3) is 0.733. The van der Waals surface area contributed by atoms with E-state index in [4.69, 9.17) is 5.84 Å². The molecule has 1 aromatic rings. The van der Waals surface area contributed by atoms with Gasteiger partial charge in [0, 0.05) is 17.5 Å². The van der Waals surface area contributed by atoms with Gasteiger partial charge in [0.15, 0.2) is 0 Å². The Hall–Kier alpha value is -1.36. The molecule has 1 aromatic heterocycles. The number of nitrogens with one attached hydrogen (secondary N) is 2. The Balaban J connectivity index is 1.82. The van der Waals surface area contributed by atoms with Gasteiger partial charge >= 0.3 is 0 Å². The Morgan fingerprint density at radius 1 is 1.15 bits per heavy atom. The van der Waals surface area contributed by atoms with Crippen LogP contribution in [0.4, 0.5) is 11.6 Å². The second-order valence-corrected chi connectivity index (χ2v) is 7.28. The summed E-state index contributed by atoms with van der Waals surface area (Å²) in [6, 6.07) is 2.48. The zero-order valence-electron chi connectivity index (χ0n) is 12.6. The van der Waals surface area contributed by atoms with Crippen LogP contribution in [0.25, 0.3) is 0 Å². The zero-order valence-corrected chi connectivity index (χ0v) is 12.6. The van der Waals surface area contributed by atoms with Crippen LogP contribution < -0.4 is 16.6 Å². The van der Waals surface area contributed by atoms with E-state index in [9.17, 15) is 0 Å². The van der Waals surface area contributed by atoms with Crippen LogP contribution in [0, 0.1) is 11.8 Å². The van der Waals surface area contributed by atoms with Crippen LogP contribution in [-0.2, 0) is 5.41 Å². The van der Waals surface area contributed by atoms with Crippen molar-refractivity contribution < 1.29 is 0 Å². The summed E-state index contributed by atoms with van der Waals surface area (Å²) < 4.78 is 0. The van der Waals surface area contributed by atoms with Crippen molar-refractivity contribution in [1.29, 1.82) is 0 Å². The van der Waals surface area contributed by atoms with Crippen LogP contribution in [0.3, 0.4) is 0 Å². The SMILES string of the molecule is CC(C)(C)c1nc(NN)cc(NC2CC3CCC2C3)n1. The van der Waals surface area contributed by atoms with Gasteiger partial charge in [0.05, 0.1) is 0 Å². The number of hydrogen-bond acceptors (Lipinski definition) is 5. The van der Waals surface area contributed by atoms with E-state index in [-0.39, 0.29) is 5.41 Å². The lowest BCUT2D eigenvalue weighted by Crippen LogP contribution is -2.27. The van der Waals surface area contributed by atoms with Crippen molar-refractivity contribution >= 4 is 11.6 Å². The minimum absolute atomic E-state index is 0.0853. The Morgan fingerprint density at radius 2 is 1.90 bits per heavy atom. The van der Waals surface area contributed by atoms with E-state index in [1.54, 1.807) is 0 Å². The Morgan fingerprint density at radius 3 is 2.45 bits per heavy atom. The lowest BCUT2D eigenvalue weighted by atomic mass is 9.95. The first-order valence-corrected chi connectivity index (χ1v) is 7.58. The molecule has 0 saturated heterocycles. The van der Waals surface area contributed by atoms with Gasteiger partial charge in [-0.05, 0) is 31.1 Å². The van der Waals surface area contributed by atoms with Crippen molar-refractivity contribution in [3.63, 3.8) is 0 Å². The maximum absolute atomic E-state index is 5.53. The number of nitrogen functional groups attached to an aromatic ring is 1. The predicted molar refractivity (Wildman–Crippen MR) is 81.4 cm³/mol. The number of nitrogens with two attached hydrogens (primary N) is 1. The summed E-state index contributed by atoms with van der Waals surface area (Å²) >= 11 is 0. The third-order valence-electron chi connectivity index (χ3n) is 4.62. The minimum Gasteiger partial charge on any atom is -0.367 e. The van der Waals surface area contributed by atoms with Crippen molar-refractivity contribution in [2.45, 2.75) is 57.9 Å². The van der Waals surface area contributed by atoms with Crippen molar-refractivity contribution in [2.24, 2.45) is 17.7 Å². The molecule has 110 valence electrons. The summed E-state index contributed by atoms with van der Waals surface area (Å²) in [4.78, 5) is 9.14. The van der Waals surface area contributed by atoms with Gasteiger partial charge in [-0.25, -0.2) is 15.8 Å². The van der Waals surface area contributed by atoms with Crippen molar-refractivity contribution in [3.05, 3.63) is 11.9 Å². The molecule has 0 spiro atoms. The maximum Gasteiger partial charge on any atom is 0.145 e. The fourth-order valence-corrected chi connectivity index (χ4v) is 3.54. The fourth-order valence-electron chi connectivity index (χ4n) is 3.54. The molecule has 4 N–H and O–H groups in total. The lowest BCUT2D eigenvalue weighted by Gasteiger charge is -2.25. The zero-order chi connectivity index (χ0) is 14.3. The van der Waals surface area contributed by atoms with Gasteiger partial charge in [-0.2, -0.15) is 0 Å². The molecule has 0 aromatic carbocycles. The van der Waals surface area contributed by atoms with Crippen LogP contribution in [-0.4, -0.2) is 16.0 Å². The number of anilines is 2. The summed E-state index contributed by atoms with van der Waals surface area (Å²) in [6.45, 7) is 6.35. The normalized spacial score (nSPS) is 28.7. The van der Waals surface area contributed by atoms with E-state index < -0.39 is 0 Å². The van der Waals surface area contributed by atoms with Crippen LogP contribution in [0.5, 0.6) is 0 Å². The highest BCUT2D eigenvalue weighted by Crippen LogP contribution is 2.45.